The van der Waals surface area contributed by atoms with Gasteiger partial charge in [0.2, 0.25) is 0 Å². The molecule has 0 aliphatic carbocycles. The first-order valence-corrected chi connectivity index (χ1v) is 6.83. The van der Waals surface area contributed by atoms with Crippen molar-refractivity contribution < 1.29 is 19.7 Å². The van der Waals surface area contributed by atoms with E-state index in [1.807, 2.05) is 13.0 Å². The van der Waals surface area contributed by atoms with Crippen molar-refractivity contribution in [3.8, 4) is 11.5 Å². The van der Waals surface area contributed by atoms with E-state index >= 15 is 0 Å². The van der Waals surface area contributed by atoms with Crippen LogP contribution in [0.5, 0.6) is 11.5 Å². The van der Waals surface area contributed by atoms with Crippen LogP contribution in [0.2, 0.25) is 0 Å². The van der Waals surface area contributed by atoms with Crippen LogP contribution in [-0.4, -0.2) is 22.8 Å². The lowest BCUT2D eigenvalue weighted by Crippen LogP contribution is -2.05. The average molecular weight is 288 g/mol. The number of hydrogen-bond donors (Lipinski definition) is 2. The van der Waals surface area contributed by atoms with Crippen LogP contribution in [0.25, 0.3) is 0 Å². The van der Waals surface area contributed by atoms with E-state index in [1.54, 1.807) is 36.4 Å². The Morgan fingerprint density at radius 1 is 0.952 bits per heavy atom. The first-order chi connectivity index (χ1) is 10.1. The smallest absolute Gasteiger partial charge is 0.338 e. The number of carbonyl (C=O) groups excluding carboxylic acids is 1. The highest BCUT2D eigenvalue weighted by Crippen LogP contribution is 2.10. The van der Waals surface area contributed by atoms with Gasteiger partial charge in [-0.2, -0.15) is 0 Å². The number of phenolic OH excluding ortho intramolecular Hbond substituents is 2. The van der Waals surface area contributed by atoms with Crippen LogP contribution in [0.4, 0.5) is 0 Å². The Balaban J connectivity index is 0.000000262. The molecule has 4 heteroatoms. The van der Waals surface area contributed by atoms with Crippen molar-refractivity contribution in [2.24, 2.45) is 0 Å². The fraction of sp³-hybridized carbons (Fsp3) is 0.235. The van der Waals surface area contributed by atoms with Crippen LogP contribution in [0, 0.1) is 0 Å². The Bertz CT molecular complexity index is 520. The Morgan fingerprint density at radius 2 is 1.52 bits per heavy atom. The summed E-state index contributed by atoms with van der Waals surface area (Å²) < 4.78 is 4.99. The predicted molar refractivity (Wildman–Crippen MR) is 81.4 cm³/mol. The number of aromatic hydroxyl groups is 2. The summed E-state index contributed by atoms with van der Waals surface area (Å²) in [7, 11) is 0. The number of hydrogen-bond acceptors (Lipinski definition) is 4. The molecular formula is C17H20O4. The van der Waals surface area contributed by atoms with Gasteiger partial charge in [-0.15, -0.1) is 0 Å². The van der Waals surface area contributed by atoms with E-state index in [2.05, 4.69) is 0 Å². The van der Waals surface area contributed by atoms with Crippen LogP contribution in [0.3, 0.4) is 0 Å². The molecule has 2 aromatic rings. The number of rotatable bonds is 4. The molecule has 0 radical (unpaired) electrons. The number of esters is 1. The summed E-state index contributed by atoms with van der Waals surface area (Å²) in [6.07, 6.45) is 1.88. The molecule has 0 aromatic heterocycles. The van der Waals surface area contributed by atoms with Crippen molar-refractivity contribution in [2.75, 3.05) is 6.61 Å². The summed E-state index contributed by atoms with van der Waals surface area (Å²) in [5.41, 5.74) is 0.471. The lowest BCUT2D eigenvalue weighted by Gasteiger charge is -2.03. The molecule has 0 amide bonds. The molecule has 0 heterocycles. The van der Waals surface area contributed by atoms with Gasteiger partial charge >= 0.3 is 5.97 Å². The summed E-state index contributed by atoms with van der Waals surface area (Å²) in [5.74, 6) is 0.135. The minimum Gasteiger partial charge on any atom is -0.508 e. The molecule has 0 bridgehead atoms. The Labute approximate surface area is 124 Å². The van der Waals surface area contributed by atoms with Crippen molar-refractivity contribution in [1.29, 1.82) is 0 Å². The first kappa shape index (κ1) is 16.6. The highest BCUT2D eigenvalue weighted by molar-refractivity contribution is 5.89. The summed E-state index contributed by atoms with van der Waals surface area (Å²) in [5, 5.41) is 17.6. The molecular weight excluding hydrogens is 268 g/mol. The topological polar surface area (TPSA) is 66.8 Å². The monoisotopic (exact) mass is 288 g/mol. The SMILES string of the molecule is CCCCOC(=O)c1ccc(O)cc1.Oc1ccccc1. The number of phenols is 2. The van der Waals surface area contributed by atoms with E-state index in [-0.39, 0.29) is 11.7 Å². The second-order valence-electron chi connectivity index (χ2n) is 4.37. The van der Waals surface area contributed by atoms with Crippen molar-refractivity contribution in [2.45, 2.75) is 19.8 Å². The number of ether oxygens (including phenoxy) is 1. The van der Waals surface area contributed by atoms with Gasteiger partial charge in [0.1, 0.15) is 11.5 Å². The highest BCUT2D eigenvalue weighted by Gasteiger charge is 2.05. The van der Waals surface area contributed by atoms with Crippen LogP contribution in [-0.2, 0) is 4.74 Å². The number of benzene rings is 2. The van der Waals surface area contributed by atoms with E-state index < -0.39 is 0 Å². The molecule has 0 fully saturated rings. The zero-order valence-electron chi connectivity index (χ0n) is 12.0. The van der Waals surface area contributed by atoms with Gasteiger partial charge < -0.3 is 14.9 Å². The van der Waals surface area contributed by atoms with Crippen LogP contribution in [0.1, 0.15) is 30.1 Å². The zero-order chi connectivity index (χ0) is 15.5. The molecule has 0 spiro atoms. The lowest BCUT2D eigenvalue weighted by atomic mass is 10.2. The van der Waals surface area contributed by atoms with Crippen LogP contribution >= 0.6 is 0 Å². The molecule has 2 aromatic carbocycles. The van der Waals surface area contributed by atoms with Crippen molar-refractivity contribution >= 4 is 5.97 Å². The van der Waals surface area contributed by atoms with Crippen molar-refractivity contribution in [3.05, 3.63) is 60.2 Å². The molecule has 0 atom stereocenters. The molecule has 0 aliphatic heterocycles. The van der Waals surface area contributed by atoms with Gasteiger partial charge in [0, 0.05) is 0 Å². The van der Waals surface area contributed by atoms with Gasteiger partial charge in [-0.25, -0.2) is 4.79 Å². The number of unbranched alkanes of at least 4 members (excludes halogenated alkanes) is 1. The van der Waals surface area contributed by atoms with E-state index in [0.717, 1.165) is 12.8 Å². The normalized spacial score (nSPS) is 9.38. The summed E-state index contributed by atoms with van der Waals surface area (Å²) >= 11 is 0. The van der Waals surface area contributed by atoms with Crippen molar-refractivity contribution in [1.82, 2.24) is 0 Å². The molecule has 112 valence electrons. The van der Waals surface area contributed by atoms with E-state index in [4.69, 9.17) is 14.9 Å². The van der Waals surface area contributed by atoms with Gasteiger partial charge in [0.25, 0.3) is 0 Å². The fourth-order valence-electron chi connectivity index (χ4n) is 1.42. The molecule has 2 rings (SSSR count). The molecule has 0 unspecified atom stereocenters. The third kappa shape index (κ3) is 7.01. The van der Waals surface area contributed by atoms with Crippen LogP contribution in [0.15, 0.2) is 54.6 Å². The molecule has 21 heavy (non-hydrogen) atoms. The van der Waals surface area contributed by atoms with E-state index in [9.17, 15) is 4.79 Å². The zero-order valence-corrected chi connectivity index (χ0v) is 12.0. The number of carbonyl (C=O) groups is 1. The number of para-hydroxylation sites is 1. The van der Waals surface area contributed by atoms with E-state index in [0.29, 0.717) is 17.9 Å². The maximum atomic E-state index is 11.3. The lowest BCUT2D eigenvalue weighted by molar-refractivity contribution is 0.0499. The quantitative estimate of drug-likeness (QED) is 0.664. The Hall–Kier alpha value is -2.49. The van der Waals surface area contributed by atoms with Gasteiger partial charge in [-0.05, 0) is 42.8 Å². The van der Waals surface area contributed by atoms with Gasteiger partial charge in [-0.3, -0.25) is 0 Å². The van der Waals surface area contributed by atoms with E-state index in [1.165, 1.54) is 12.1 Å². The summed E-state index contributed by atoms with van der Waals surface area (Å²) in [6, 6.07) is 14.7. The molecule has 0 saturated heterocycles. The summed E-state index contributed by atoms with van der Waals surface area (Å²) in [4.78, 5) is 11.3. The largest absolute Gasteiger partial charge is 0.508 e. The van der Waals surface area contributed by atoms with Crippen molar-refractivity contribution in [3.63, 3.8) is 0 Å². The summed E-state index contributed by atoms with van der Waals surface area (Å²) in [6.45, 7) is 2.49. The molecule has 0 saturated carbocycles. The fourth-order valence-corrected chi connectivity index (χ4v) is 1.42. The third-order valence-electron chi connectivity index (χ3n) is 2.59. The van der Waals surface area contributed by atoms with Gasteiger partial charge in [0.05, 0.1) is 12.2 Å². The first-order valence-electron chi connectivity index (χ1n) is 6.83. The molecule has 4 nitrogen and oxygen atoms in total. The second-order valence-corrected chi connectivity index (χ2v) is 4.37. The maximum absolute atomic E-state index is 11.3. The Kier molecular flexibility index (Phi) is 7.43. The van der Waals surface area contributed by atoms with Gasteiger partial charge in [-0.1, -0.05) is 31.5 Å². The Morgan fingerprint density at radius 3 is 2.00 bits per heavy atom. The third-order valence-corrected chi connectivity index (χ3v) is 2.59. The highest BCUT2D eigenvalue weighted by atomic mass is 16.5. The second kappa shape index (κ2) is 9.42. The molecule has 2 N–H and O–H groups in total. The maximum Gasteiger partial charge on any atom is 0.338 e. The predicted octanol–water partition coefficient (Wildman–Crippen LogP) is 3.74. The average Bonchev–Trinajstić information content (AvgIpc) is 2.49. The standard InChI is InChI=1S/C11H14O3.C6H6O/c1-2-3-8-14-11(13)9-4-6-10(12)7-5-9;7-6-4-2-1-3-5-6/h4-7,12H,2-3,8H2,1H3;1-5,7H. The van der Waals surface area contributed by atoms with Gasteiger partial charge in [0.15, 0.2) is 0 Å². The minimum atomic E-state index is -0.335. The van der Waals surface area contributed by atoms with Crippen LogP contribution < -0.4 is 0 Å². The molecule has 0 aliphatic rings. The minimum absolute atomic E-state index is 0.148.